The summed E-state index contributed by atoms with van der Waals surface area (Å²) in [5.41, 5.74) is 4.79. The third-order valence-corrected chi connectivity index (χ3v) is 3.42. The maximum atomic E-state index is 13.0. The fourth-order valence-electron chi connectivity index (χ4n) is 2.02. The lowest BCUT2D eigenvalue weighted by molar-refractivity contribution is -0.129. The van der Waals surface area contributed by atoms with Crippen LogP contribution in [0.4, 0.5) is 18.9 Å². The molecule has 1 aliphatic rings. The number of rotatable bonds is 3. The van der Waals surface area contributed by atoms with Crippen LogP contribution in [0.25, 0.3) is 0 Å². The second-order valence-electron chi connectivity index (χ2n) is 4.55. The van der Waals surface area contributed by atoms with Gasteiger partial charge in [-0.2, -0.15) is 0 Å². The molecule has 1 amide bonds. The zero-order valence-electron chi connectivity index (χ0n) is 9.60. The van der Waals surface area contributed by atoms with Gasteiger partial charge in [-0.15, -0.1) is 0 Å². The molecule has 1 aromatic carbocycles. The van der Waals surface area contributed by atoms with E-state index < -0.39 is 22.9 Å². The Bertz CT molecular complexity index is 458. The van der Waals surface area contributed by atoms with Crippen molar-refractivity contribution in [1.82, 2.24) is 0 Å². The third-order valence-electron chi connectivity index (χ3n) is 3.42. The molecule has 0 spiro atoms. The van der Waals surface area contributed by atoms with Crippen LogP contribution in [0.3, 0.4) is 0 Å². The van der Waals surface area contributed by atoms with Crippen molar-refractivity contribution in [2.24, 2.45) is 11.1 Å². The van der Waals surface area contributed by atoms with E-state index in [1.54, 1.807) is 0 Å². The lowest BCUT2D eigenvalue weighted by atomic mass is 9.68. The Morgan fingerprint density at radius 2 is 1.83 bits per heavy atom. The van der Waals surface area contributed by atoms with Crippen molar-refractivity contribution in [3.8, 4) is 0 Å². The van der Waals surface area contributed by atoms with Crippen LogP contribution >= 0.6 is 0 Å². The molecule has 18 heavy (non-hydrogen) atoms. The van der Waals surface area contributed by atoms with Crippen LogP contribution in [0.15, 0.2) is 12.1 Å². The van der Waals surface area contributed by atoms with Gasteiger partial charge in [0, 0.05) is 24.4 Å². The van der Waals surface area contributed by atoms with Crippen molar-refractivity contribution >= 4 is 11.6 Å². The van der Waals surface area contributed by atoms with Gasteiger partial charge in [-0.3, -0.25) is 4.79 Å². The summed E-state index contributed by atoms with van der Waals surface area (Å²) in [7, 11) is 0. The van der Waals surface area contributed by atoms with Gasteiger partial charge < -0.3 is 11.1 Å². The standard InChI is InChI=1S/C12H13F3N2O/c13-8-4-7(5-9(14)10(8)15)17-11(18)12(6-16)2-1-3-12/h4-5H,1-3,6,16H2,(H,17,18). The van der Waals surface area contributed by atoms with Crippen LogP contribution in [0.5, 0.6) is 0 Å². The number of carbonyl (C=O) groups is 1. The molecule has 98 valence electrons. The first-order valence-corrected chi connectivity index (χ1v) is 5.64. The Labute approximate surface area is 102 Å². The first kappa shape index (κ1) is 12.9. The SMILES string of the molecule is NCC1(C(=O)Nc2cc(F)c(F)c(F)c2)CCC1. The topological polar surface area (TPSA) is 55.1 Å². The maximum absolute atomic E-state index is 13.0. The molecule has 1 fully saturated rings. The molecule has 1 aliphatic carbocycles. The summed E-state index contributed by atoms with van der Waals surface area (Å²) in [5.74, 6) is -4.59. The minimum atomic E-state index is -1.55. The van der Waals surface area contributed by atoms with E-state index in [4.69, 9.17) is 5.73 Å². The predicted molar refractivity (Wildman–Crippen MR) is 60.3 cm³/mol. The van der Waals surface area contributed by atoms with Crippen LogP contribution in [-0.2, 0) is 4.79 Å². The van der Waals surface area contributed by atoms with Gasteiger partial charge >= 0.3 is 0 Å². The second kappa shape index (κ2) is 4.61. The molecule has 0 radical (unpaired) electrons. The highest BCUT2D eigenvalue weighted by atomic mass is 19.2. The average Bonchev–Trinajstić information content (AvgIpc) is 2.25. The highest BCUT2D eigenvalue weighted by Gasteiger charge is 2.42. The van der Waals surface area contributed by atoms with Gasteiger partial charge in [-0.05, 0) is 12.8 Å². The van der Waals surface area contributed by atoms with Crippen LogP contribution < -0.4 is 11.1 Å². The number of hydrogen-bond acceptors (Lipinski definition) is 2. The van der Waals surface area contributed by atoms with Crippen LogP contribution in [0, 0.1) is 22.9 Å². The first-order valence-electron chi connectivity index (χ1n) is 5.64. The molecule has 0 atom stereocenters. The summed E-state index contributed by atoms with van der Waals surface area (Å²) < 4.78 is 38.7. The van der Waals surface area contributed by atoms with E-state index in [0.29, 0.717) is 12.8 Å². The minimum Gasteiger partial charge on any atom is -0.329 e. The zero-order chi connectivity index (χ0) is 13.3. The Kier molecular flexibility index (Phi) is 3.30. The van der Waals surface area contributed by atoms with E-state index in [0.717, 1.165) is 18.6 Å². The van der Waals surface area contributed by atoms with Gasteiger partial charge in [0.15, 0.2) is 17.5 Å². The van der Waals surface area contributed by atoms with E-state index in [1.807, 2.05) is 0 Å². The van der Waals surface area contributed by atoms with Crippen LogP contribution in [0.1, 0.15) is 19.3 Å². The smallest absolute Gasteiger partial charge is 0.231 e. The summed E-state index contributed by atoms with van der Waals surface area (Å²) >= 11 is 0. The minimum absolute atomic E-state index is 0.101. The first-order chi connectivity index (χ1) is 8.48. The molecule has 2 rings (SSSR count). The maximum Gasteiger partial charge on any atom is 0.231 e. The van der Waals surface area contributed by atoms with Crippen molar-refractivity contribution in [3.63, 3.8) is 0 Å². The molecule has 0 saturated heterocycles. The fourth-order valence-corrected chi connectivity index (χ4v) is 2.02. The molecular formula is C12H13F3N2O. The van der Waals surface area contributed by atoms with Gasteiger partial charge in [-0.25, -0.2) is 13.2 Å². The Morgan fingerprint density at radius 1 is 1.28 bits per heavy atom. The Morgan fingerprint density at radius 3 is 2.22 bits per heavy atom. The number of nitrogens with one attached hydrogen (secondary N) is 1. The normalized spacial score (nSPS) is 17.1. The van der Waals surface area contributed by atoms with E-state index >= 15 is 0 Å². The molecule has 1 saturated carbocycles. The zero-order valence-corrected chi connectivity index (χ0v) is 9.60. The molecular weight excluding hydrogens is 245 g/mol. The van der Waals surface area contributed by atoms with Crippen LogP contribution in [0.2, 0.25) is 0 Å². The number of amides is 1. The lowest BCUT2D eigenvalue weighted by Crippen LogP contribution is -2.47. The third kappa shape index (κ3) is 2.08. The summed E-state index contributed by atoms with van der Waals surface area (Å²) in [6.07, 6.45) is 2.21. The predicted octanol–water partition coefficient (Wildman–Crippen LogP) is 2.17. The summed E-state index contributed by atoms with van der Waals surface area (Å²) in [6, 6.07) is 1.50. The monoisotopic (exact) mass is 258 g/mol. The summed E-state index contributed by atoms with van der Waals surface area (Å²) in [4.78, 5) is 11.9. The summed E-state index contributed by atoms with van der Waals surface area (Å²) in [6.45, 7) is 0.186. The van der Waals surface area contributed by atoms with Crippen molar-refractivity contribution in [2.75, 3.05) is 11.9 Å². The van der Waals surface area contributed by atoms with Gasteiger partial charge in [0.05, 0.1) is 5.41 Å². The number of carbonyl (C=O) groups excluding carboxylic acids is 1. The largest absolute Gasteiger partial charge is 0.329 e. The molecule has 3 N–H and O–H groups in total. The Balaban J connectivity index is 2.17. The highest BCUT2D eigenvalue weighted by Crippen LogP contribution is 2.40. The molecule has 0 unspecified atom stereocenters. The lowest BCUT2D eigenvalue weighted by Gasteiger charge is -2.39. The number of nitrogens with two attached hydrogens (primary N) is 1. The van der Waals surface area contributed by atoms with Gasteiger partial charge in [-0.1, -0.05) is 6.42 Å². The quantitative estimate of drug-likeness (QED) is 0.816. The highest BCUT2D eigenvalue weighted by molar-refractivity contribution is 5.96. The van der Waals surface area contributed by atoms with Gasteiger partial charge in [0.25, 0.3) is 0 Å². The molecule has 0 heterocycles. The van der Waals surface area contributed by atoms with Crippen molar-refractivity contribution in [3.05, 3.63) is 29.6 Å². The van der Waals surface area contributed by atoms with Crippen molar-refractivity contribution in [1.29, 1.82) is 0 Å². The van der Waals surface area contributed by atoms with Gasteiger partial charge in [0.2, 0.25) is 5.91 Å². The summed E-state index contributed by atoms with van der Waals surface area (Å²) in [5, 5.41) is 2.38. The van der Waals surface area contributed by atoms with E-state index in [9.17, 15) is 18.0 Å². The number of hydrogen-bond donors (Lipinski definition) is 2. The molecule has 0 aromatic heterocycles. The fraction of sp³-hybridized carbons (Fsp3) is 0.417. The van der Waals surface area contributed by atoms with E-state index in [-0.39, 0.29) is 18.1 Å². The van der Waals surface area contributed by atoms with Gasteiger partial charge in [0.1, 0.15) is 0 Å². The Hall–Kier alpha value is -1.56. The van der Waals surface area contributed by atoms with E-state index in [2.05, 4.69) is 5.32 Å². The molecule has 0 aliphatic heterocycles. The molecule has 3 nitrogen and oxygen atoms in total. The van der Waals surface area contributed by atoms with Crippen molar-refractivity contribution < 1.29 is 18.0 Å². The molecule has 1 aromatic rings. The number of benzene rings is 1. The number of halogens is 3. The molecule has 6 heteroatoms. The average molecular weight is 258 g/mol. The molecule has 0 bridgehead atoms. The number of anilines is 1. The second-order valence-corrected chi connectivity index (χ2v) is 4.55. The van der Waals surface area contributed by atoms with Crippen LogP contribution in [-0.4, -0.2) is 12.5 Å². The van der Waals surface area contributed by atoms with Crippen molar-refractivity contribution in [2.45, 2.75) is 19.3 Å². The van der Waals surface area contributed by atoms with E-state index in [1.165, 1.54) is 0 Å².